The zero-order valence-corrected chi connectivity index (χ0v) is 15.4. The number of benzene rings is 2. The summed E-state index contributed by atoms with van der Waals surface area (Å²) in [6.45, 7) is 0. The van der Waals surface area contributed by atoms with Gasteiger partial charge in [0.25, 0.3) is 11.6 Å². The van der Waals surface area contributed by atoms with E-state index in [1.807, 2.05) is 0 Å². The van der Waals surface area contributed by atoms with Crippen molar-refractivity contribution in [2.75, 3.05) is 12.4 Å². The van der Waals surface area contributed by atoms with Crippen LogP contribution in [0.25, 0.3) is 11.3 Å². The van der Waals surface area contributed by atoms with Crippen molar-refractivity contribution in [2.45, 2.75) is 0 Å². The highest BCUT2D eigenvalue weighted by Crippen LogP contribution is 2.34. The third-order valence-corrected chi connectivity index (χ3v) is 4.24. The highest BCUT2D eigenvalue weighted by molar-refractivity contribution is 6.35. The standard InChI is InChI=1S/C18H12Cl2N2O5/c1-26-11-3-4-12(15(9-11)22(24)25)16-6-7-17(27-16)18(23)21-14-8-10(19)2-5-13(14)20/h2-9H,1H3,(H,21,23). The first-order valence-electron chi connectivity index (χ1n) is 7.58. The zero-order valence-electron chi connectivity index (χ0n) is 13.9. The third-order valence-electron chi connectivity index (χ3n) is 3.67. The SMILES string of the molecule is COc1ccc(-c2ccc(C(=O)Nc3cc(Cl)ccc3Cl)o2)c([N+](=O)[O-])c1. The van der Waals surface area contributed by atoms with Crippen molar-refractivity contribution in [3.63, 3.8) is 0 Å². The highest BCUT2D eigenvalue weighted by atomic mass is 35.5. The van der Waals surface area contributed by atoms with Gasteiger partial charge in [-0.15, -0.1) is 0 Å². The number of furan rings is 1. The predicted octanol–water partition coefficient (Wildman–Crippen LogP) is 5.42. The third kappa shape index (κ3) is 4.05. The number of nitro benzene ring substituents is 1. The van der Waals surface area contributed by atoms with Crippen molar-refractivity contribution in [1.82, 2.24) is 0 Å². The van der Waals surface area contributed by atoms with Gasteiger partial charge in [-0.1, -0.05) is 23.2 Å². The number of rotatable bonds is 5. The van der Waals surface area contributed by atoms with Gasteiger partial charge in [0.15, 0.2) is 5.76 Å². The lowest BCUT2D eigenvalue weighted by molar-refractivity contribution is -0.384. The van der Waals surface area contributed by atoms with Crippen molar-refractivity contribution in [3.8, 4) is 17.1 Å². The van der Waals surface area contributed by atoms with Crippen LogP contribution >= 0.6 is 23.2 Å². The van der Waals surface area contributed by atoms with Gasteiger partial charge in [0, 0.05) is 5.02 Å². The molecule has 3 aromatic rings. The normalized spacial score (nSPS) is 10.5. The molecule has 3 rings (SSSR count). The Morgan fingerprint density at radius 2 is 1.93 bits per heavy atom. The van der Waals surface area contributed by atoms with Crippen molar-refractivity contribution in [1.29, 1.82) is 0 Å². The Labute approximate surface area is 163 Å². The first kappa shape index (κ1) is 18.8. The summed E-state index contributed by atoms with van der Waals surface area (Å²) in [5.74, 6) is -0.0926. The number of methoxy groups -OCH3 is 1. The van der Waals surface area contributed by atoms with Gasteiger partial charge in [0.05, 0.1) is 34.4 Å². The summed E-state index contributed by atoms with van der Waals surface area (Å²) < 4.78 is 10.5. The molecule has 27 heavy (non-hydrogen) atoms. The van der Waals surface area contributed by atoms with Gasteiger partial charge >= 0.3 is 0 Å². The number of amides is 1. The van der Waals surface area contributed by atoms with E-state index < -0.39 is 10.8 Å². The van der Waals surface area contributed by atoms with E-state index in [1.54, 1.807) is 18.2 Å². The van der Waals surface area contributed by atoms with E-state index in [2.05, 4.69) is 5.32 Å². The van der Waals surface area contributed by atoms with Gasteiger partial charge in [-0.05, 0) is 42.5 Å². The number of nitrogens with zero attached hydrogens (tertiary/aromatic N) is 1. The van der Waals surface area contributed by atoms with Crippen molar-refractivity contribution in [2.24, 2.45) is 0 Å². The summed E-state index contributed by atoms with van der Waals surface area (Å²) >= 11 is 11.9. The molecular weight excluding hydrogens is 395 g/mol. The molecule has 0 atom stereocenters. The maximum absolute atomic E-state index is 12.4. The fourth-order valence-corrected chi connectivity index (χ4v) is 2.72. The minimum Gasteiger partial charge on any atom is -0.497 e. The molecule has 0 aliphatic rings. The van der Waals surface area contributed by atoms with Crippen LogP contribution in [-0.2, 0) is 0 Å². The second-order valence-corrected chi connectivity index (χ2v) is 6.23. The van der Waals surface area contributed by atoms with Gasteiger partial charge < -0.3 is 14.5 Å². The summed E-state index contributed by atoms with van der Waals surface area (Å²) in [6, 6.07) is 11.9. The fourth-order valence-electron chi connectivity index (χ4n) is 2.38. The first-order valence-corrected chi connectivity index (χ1v) is 8.33. The average Bonchev–Trinajstić information content (AvgIpc) is 3.14. The molecule has 0 fully saturated rings. The second-order valence-electron chi connectivity index (χ2n) is 5.38. The van der Waals surface area contributed by atoms with E-state index in [0.29, 0.717) is 21.5 Å². The van der Waals surface area contributed by atoms with Gasteiger partial charge in [-0.25, -0.2) is 0 Å². The van der Waals surface area contributed by atoms with Crippen LogP contribution in [-0.4, -0.2) is 17.9 Å². The minimum atomic E-state index is -0.568. The van der Waals surface area contributed by atoms with E-state index >= 15 is 0 Å². The largest absolute Gasteiger partial charge is 0.497 e. The van der Waals surface area contributed by atoms with E-state index in [1.165, 1.54) is 37.4 Å². The molecule has 0 aliphatic carbocycles. The van der Waals surface area contributed by atoms with Gasteiger partial charge in [0.1, 0.15) is 11.5 Å². The number of anilines is 1. The van der Waals surface area contributed by atoms with E-state index in [4.69, 9.17) is 32.4 Å². The van der Waals surface area contributed by atoms with E-state index in [9.17, 15) is 14.9 Å². The molecule has 9 heteroatoms. The number of hydrogen-bond donors (Lipinski definition) is 1. The lowest BCUT2D eigenvalue weighted by Crippen LogP contribution is -2.11. The van der Waals surface area contributed by atoms with Crippen LogP contribution in [0.4, 0.5) is 11.4 Å². The molecule has 0 spiro atoms. The van der Waals surface area contributed by atoms with E-state index in [-0.39, 0.29) is 22.8 Å². The maximum atomic E-state index is 12.4. The van der Waals surface area contributed by atoms with Gasteiger partial charge in [-0.3, -0.25) is 14.9 Å². The Morgan fingerprint density at radius 3 is 2.63 bits per heavy atom. The Bertz CT molecular complexity index is 1030. The monoisotopic (exact) mass is 406 g/mol. The molecule has 1 amide bonds. The van der Waals surface area contributed by atoms with Gasteiger partial charge in [0.2, 0.25) is 0 Å². The van der Waals surface area contributed by atoms with Crippen LogP contribution < -0.4 is 10.1 Å². The number of hydrogen-bond acceptors (Lipinski definition) is 5. The quantitative estimate of drug-likeness (QED) is 0.450. The number of ether oxygens (including phenoxy) is 1. The smallest absolute Gasteiger partial charge is 0.291 e. The number of carbonyl (C=O) groups is 1. The maximum Gasteiger partial charge on any atom is 0.291 e. The number of carbonyl (C=O) groups excluding carboxylic acids is 1. The first-order chi connectivity index (χ1) is 12.9. The topological polar surface area (TPSA) is 94.6 Å². The predicted molar refractivity (Wildman–Crippen MR) is 102 cm³/mol. The summed E-state index contributed by atoms with van der Waals surface area (Å²) in [5.41, 5.74) is 0.344. The molecule has 2 aromatic carbocycles. The summed E-state index contributed by atoms with van der Waals surface area (Å²) in [6.07, 6.45) is 0. The van der Waals surface area contributed by atoms with Crippen molar-refractivity contribution in [3.05, 3.63) is 74.5 Å². The van der Waals surface area contributed by atoms with E-state index in [0.717, 1.165) is 0 Å². The molecule has 0 saturated carbocycles. The highest BCUT2D eigenvalue weighted by Gasteiger charge is 2.21. The van der Waals surface area contributed by atoms with Crippen LogP contribution in [0.3, 0.4) is 0 Å². The number of halogens is 2. The molecule has 1 aromatic heterocycles. The molecule has 0 unspecified atom stereocenters. The molecule has 0 saturated heterocycles. The summed E-state index contributed by atoms with van der Waals surface area (Å²) in [7, 11) is 1.41. The summed E-state index contributed by atoms with van der Waals surface area (Å²) in [4.78, 5) is 23.1. The molecule has 0 aliphatic heterocycles. The second kappa shape index (κ2) is 7.69. The lowest BCUT2D eigenvalue weighted by Gasteiger charge is -2.06. The van der Waals surface area contributed by atoms with Crippen LogP contribution in [0.5, 0.6) is 5.75 Å². The number of nitrogens with one attached hydrogen (secondary N) is 1. The lowest BCUT2D eigenvalue weighted by atomic mass is 10.1. The Hall–Kier alpha value is -3.03. The minimum absolute atomic E-state index is 0.0360. The zero-order chi connectivity index (χ0) is 19.6. The van der Waals surface area contributed by atoms with Crippen LogP contribution in [0.1, 0.15) is 10.6 Å². The Balaban J connectivity index is 1.90. The molecule has 138 valence electrons. The molecule has 7 nitrogen and oxygen atoms in total. The molecule has 1 heterocycles. The van der Waals surface area contributed by atoms with Crippen LogP contribution in [0, 0.1) is 10.1 Å². The molecular formula is C18H12Cl2N2O5. The van der Waals surface area contributed by atoms with Crippen LogP contribution in [0.2, 0.25) is 10.0 Å². The molecule has 0 bridgehead atoms. The number of nitro groups is 1. The molecule has 1 N–H and O–H groups in total. The Kier molecular flexibility index (Phi) is 5.34. The fraction of sp³-hybridized carbons (Fsp3) is 0.0556. The summed E-state index contributed by atoms with van der Waals surface area (Å²) in [5, 5.41) is 14.6. The van der Waals surface area contributed by atoms with Crippen molar-refractivity contribution < 1.29 is 18.9 Å². The average molecular weight is 407 g/mol. The van der Waals surface area contributed by atoms with Crippen LogP contribution in [0.15, 0.2) is 52.9 Å². The van der Waals surface area contributed by atoms with Gasteiger partial charge in [-0.2, -0.15) is 0 Å². The molecule has 0 radical (unpaired) electrons. The van der Waals surface area contributed by atoms with Crippen molar-refractivity contribution >= 4 is 40.5 Å². The Morgan fingerprint density at radius 1 is 1.15 bits per heavy atom.